The fourth-order valence-corrected chi connectivity index (χ4v) is 1.76. The topological polar surface area (TPSA) is 64.3 Å². The molecule has 0 atom stereocenters. The van der Waals surface area contributed by atoms with Crippen LogP contribution in [0.1, 0.15) is 15.9 Å². The van der Waals surface area contributed by atoms with Crippen LogP contribution in [0.15, 0.2) is 36.4 Å². The number of aryl methyl sites for hydroxylation is 1. The molecule has 0 saturated heterocycles. The molecule has 0 unspecified atom stereocenters. The molecule has 0 bridgehead atoms. The second-order valence-corrected chi connectivity index (χ2v) is 4.37. The van der Waals surface area contributed by atoms with E-state index in [0.29, 0.717) is 11.4 Å². The number of anilines is 2. The first-order valence-corrected chi connectivity index (χ1v) is 6.02. The molecule has 20 heavy (non-hydrogen) atoms. The molecular formula is C15H15FN2O2. The predicted octanol–water partition coefficient (Wildman–Crippen LogP) is 2.98. The van der Waals surface area contributed by atoms with Crippen LogP contribution in [0, 0.1) is 12.7 Å². The number of hydrogen-bond acceptors (Lipinski definition) is 3. The Kier molecular flexibility index (Phi) is 3.89. The molecule has 0 aliphatic carbocycles. The summed E-state index contributed by atoms with van der Waals surface area (Å²) in [7, 11) is 1.37. The van der Waals surface area contributed by atoms with Crippen LogP contribution in [0.25, 0.3) is 0 Å². The maximum atomic E-state index is 13.5. The van der Waals surface area contributed by atoms with Gasteiger partial charge in [0.2, 0.25) is 0 Å². The van der Waals surface area contributed by atoms with Crippen molar-refractivity contribution in [2.75, 3.05) is 18.2 Å². The lowest BCUT2D eigenvalue weighted by molar-refractivity contribution is 0.102. The predicted molar refractivity (Wildman–Crippen MR) is 76.5 cm³/mol. The summed E-state index contributed by atoms with van der Waals surface area (Å²) in [6.07, 6.45) is 0. The first kappa shape index (κ1) is 13.9. The SMILES string of the molecule is COc1ccc(C(=O)Nc2ccc(N)c(C)c2)cc1F. The fourth-order valence-electron chi connectivity index (χ4n) is 1.76. The van der Waals surface area contributed by atoms with Crippen molar-refractivity contribution in [2.24, 2.45) is 0 Å². The van der Waals surface area contributed by atoms with Crippen LogP contribution in [0.4, 0.5) is 15.8 Å². The van der Waals surface area contributed by atoms with Crippen molar-refractivity contribution in [2.45, 2.75) is 6.92 Å². The Labute approximate surface area is 116 Å². The van der Waals surface area contributed by atoms with Gasteiger partial charge in [0, 0.05) is 16.9 Å². The van der Waals surface area contributed by atoms with Crippen molar-refractivity contribution in [3.05, 3.63) is 53.3 Å². The summed E-state index contributed by atoms with van der Waals surface area (Å²) in [6, 6.07) is 9.21. The van der Waals surface area contributed by atoms with Crippen LogP contribution in [-0.4, -0.2) is 13.0 Å². The van der Waals surface area contributed by atoms with Crippen molar-refractivity contribution in [3.8, 4) is 5.75 Å². The van der Waals surface area contributed by atoms with Gasteiger partial charge in [0.15, 0.2) is 11.6 Å². The Balaban J connectivity index is 2.19. The van der Waals surface area contributed by atoms with E-state index in [1.54, 1.807) is 18.2 Å². The molecule has 2 rings (SSSR count). The van der Waals surface area contributed by atoms with Crippen molar-refractivity contribution >= 4 is 17.3 Å². The summed E-state index contributed by atoms with van der Waals surface area (Å²) < 4.78 is 18.4. The van der Waals surface area contributed by atoms with Gasteiger partial charge in [0.05, 0.1) is 7.11 Å². The molecule has 2 aromatic rings. The van der Waals surface area contributed by atoms with Gasteiger partial charge in [-0.25, -0.2) is 4.39 Å². The molecule has 0 fully saturated rings. The number of amides is 1. The summed E-state index contributed by atoms with van der Waals surface area (Å²) in [5.41, 5.74) is 8.05. The van der Waals surface area contributed by atoms with Crippen molar-refractivity contribution < 1.29 is 13.9 Å². The van der Waals surface area contributed by atoms with Gasteiger partial charge in [-0.3, -0.25) is 4.79 Å². The van der Waals surface area contributed by atoms with Crippen LogP contribution in [0.3, 0.4) is 0 Å². The average Bonchev–Trinajstić information content (AvgIpc) is 2.42. The summed E-state index contributed by atoms with van der Waals surface area (Å²) in [5, 5.41) is 2.69. The van der Waals surface area contributed by atoms with Gasteiger partial charge in [-0.2, -0.15) is 0 Å². The zero-order valence-electron chi connectivity index (χ0n) is 11.2. The Morgan fingerprint density at radius 3 is 2.60 bits per heavy atom. The van der Waals surface area contributed by atoms with E-state index in [2.05, 4.69) is 5.32 Å². The number of rotatable bonds is 3. The van der Waals surface area contributed by atoms with Gasteiger partial charge in [-0.1, -0.05) is 0 Å². The first-order valence-electron chi connectivity index (χ1n) is 6.02. The zero-order valence-corrected chi connectivity index (χ0v) is 11.2. The fraction of sp³-hybridized carbons (Fsp3) is 0.133. The summed E-state index contributed by atoms with van der Waals surface area (Å²) in [6.45, 7) is 1.85. The molecule has 4 nitrogen and oxygen atoms in total. The van der Waals surface area contributed by atoms with Crippen LogP contribution in [-0.2, 0) is 0 Å². The lowest BCUT2D eigenvalue weighted by Crippen LogP contribution is -2.12. The maximum absolute atomic E-state index is 13.5. The molecule has 1 amide bonds. The van der Waals surface area contributed by atoms with Gasteiger partial charge in [0.1, 0.15) is 0 Å². The normalized spacial score (nSPS) is 10.2. The summed E-state index contributed by atoms with van der Waals surface area (Å²) in [4.78, 5) is 12.0. The minimum Gasteiger partial charge on any atom is -0.494 e. The molecule has 0 aromatic heterocycles. The molecule has 0 spiro atoms. The zero-order chi connectivity index (χ0) is 14.7. The number of carbonyl (C=O) groups excluding carboxylic acids is 1. The van der Waals surface area contributed by atoms with Crippen LogP contribution >= 0.6 is 0 Å². The minimum atomic E-state index is -0.575. The molecule has 0 radical (unpaired) electrons. The Bertz CT molecular complexity index is 656. The number of nitrogen functional groups attached to an aromatic ring is 1. The third kappa shape index (κ3) is 2.88. The molecule has 3 N–H and O–H groups in total. The molecule has 5 heteroatoms. The van der Waals surface area contributed by atoms with Gasteiger partial charge in [0.25, 0.3) is 5.91 Å². The molecule has 0 saturated carbocycles. The highest BCUT2D eigenvalue weighted by molar-refractivity contribution is 6.04. The average molecular weight is 274 g/mol. The molecule has 0 aliphatic rings. The molecule has 104 valence electrons. The third-order valence-electron chi connectivity index (χ3n) is 2.94. The highest BCUT2D eigenvalue weighted by Crippen LogP contribution is 2.20. The smallest absolute Gasteiger partial charge is 0.255 e. The lowest BCUT2D eigenvalue weighted by atomic mass is 10.1. The van der Waals surface area contributed by atoms with E-state index >= 15 is 0 Å². The number of ether oxygens (including phenoxy) is 1. The highest BCUT2D eigenvalue weighted by atomic mass is 19.1. The number of hydrogen-bond donors (Lipinski definition) is 2. The standard InChI is InChI=1S/C15H15FN2O2/c1-9-7-11(4-5-13(9)17)18-15(19)10-3-6-14(20-2)12(16)8-10/h3-8H,17H2,1-2H3,(H,18,19). The number of carbonyl (C=O) groups is 1. The van der Waals surface area contributed by atoms with E-state index in [4.69, 9.17) is 10.5 Å². The summed E-state index contributed by atoms with van der Waals surface area (Å²) >= 11 is 0. The number of methoxy groups -OCH3 is 1. The minimum absolute atomic E-state index is 0.102. The van der Waals surface area contributed by atoms with Gasteiger partial charge in [-0.15, -0.1) is 0 Å². The van der Waals surface area contributed by atoms with Gasteiger partial charge < -0.3 is 15.8 Å². The first-order chi connectivity index (χ1) is 9.51. The quantitative estimate of drug-likeness (QED) is 0.846. The van der Waals surface area contributed by atoms with Gasteiger partial charge >= 0.3 is 0 Å². The van der Waals surface area contributed by atoms with Crippen molar-refractivity contribution in [1.82, 2.24) is 0 Å². The molecule has 0 heterocycles. The second kappa shape index (κ2) is 5.61. The van der Waals surface area contributed by atoms with E-state index in [0.717, 1.165) is 11.6 Å². The van der Waals surface area contributed by atoms with Crippen LogP contribution in [0.2, 0.25) is 0 Å². The Morgan fingerprint density at radius 2 is 2.00 bits per heavy atom. The number of nitrogens with one attached hydrogen (secondary N) is 1. The Hall–Kier alpha value is -2.56. The number of nitrogens with two attached hydrogens (primary N) is 1. The molecular weight excluding hydrogens is 259 g/mol. The monoisotopic (exact) mass is 274 g/mol. The van der Waals surface area contributed by atoms with Crippen molar-refractivity contribution in [3.63, 3.8) is 0 Å². The van der Waals surface area contributed by atoms with Crippen molar-refractivity contribution in [1.29, 1.82) is 0 Å². The number of halogens is 1. The largest absolute Gasteiger partial charge is 0.494 e. The Morgan fingerprint density at radius 1 is 1.25 bits per heavy atom. The second-order valence-electron chi connectivity index (χ2n) is 4.37. The van der Waals surface area contributed by atoms with E-state index in [-0.39, 0.29) is 11.3 Å². The van der Waals surface area contributed by atoms with E-state index in [1.807, 2.05) is 6.92 Å². The van der Waals surface area contributed by atoms with Gasteiger partial charge in [-0.05, 0) is 48.9 Å². The maximum Gasteiger partial charge on any atom is 0.255 e. The summed E-state index contributed by atoms with van der Waals surface area (Å²) in [5.74, 6) is -0.866. The number of benzene rings is 2. The van der Waals surface area contributed by atoms with E-state index in [9.17, 15) is 9.18 Å². The van der Waals surface area contributed by atoms with E-state index in [1.165, 1.54) is 19.2 Å². The molecule has 0 aliphatic heterocycles. The van der Waals surface area contributed by atoms with E-state index < -0.39 is 11.7 Å². The van der Waals surface area contributed by atoms with Crippen LogP contribution in [0.5, 0.6) is 5.75 Å². The third-order valence-corrected chi connectivity index (χ3v) is 2.94. The lowest BCUT2D eigenvalue weighted by Gasteiger charge is -2.08. The highest BCUT2D eigenvalue weighted by Gasteiger charge is 2.10. The van der Waals surface area contributed by atoms with Crippen LogP contribution < -0.4 is 15.8 Å². The molecule has 2 aromatic carbocycles.